The summed E-state index contributed by atoms with van der Waals surface area (Å²) in [5, 5.41) is 9.88. The molecule has 0 bridgehead atoms. The van der Waals surface area contributed by atoms with Crippen molar-refractivity contribution in [2.75, 3.05) is 11.9 Å². The van der Waals surface area contributed by atoms with E-state index in [2.05, 4.69) is 20.5 Å². The Labute approximate surface area is 125 Å². The Morgan fingerprint density at radius 3 is 2.95 bits per heavy atom. The summed E-state index contributed by atoms with van der Waals surface area (Å²) >= 11 is 0. The van der Waals surface area contributed by atoms with Gasteiger partial charge in [0.05, 0.1) is 12.2 Å². The van der Waals surface area contributed by atoms with Gasteiger partial charge in [-0.1, -0.05) is 18.2 Å². The summed E-state index contributed by atoms with van der Waals surface area (Å²) in [5.41, 5.74) is 1.58. The van der Waals surface area contributed by atoms with Crippen LogP contribution in [0.15, 0.2) is 36.5 Å². The quantitative estimate of drug-likeness (QED) is 0.643. The van der Waals surface area contributed by atoms with E-state index in [1.807, 2.05) is 24.3 Å². The highest BCUT2D eigenvalue weighted by Gasteiger charge is 2.15. The van der Waals surface area contributed by atoms with Gasteiger partial charge in [0.2, 0.25) is 0 Å². The van der Waals surface area contributed by atoms with Crippen LogP contribution in [-0.4, -0.2) is 33.7 Å². The number of fused-ring (bicyclic) bond motifs is 1. The maximum absolute atomic E-state index is 12.3. The molecule has 0 unspecified atom stereocenters. The molecule has 2 aromatic heterocycles. The lowest BCUT2D eigenvalue weighted by atomic mass is 10.1. The average Bonchev–Trinajstić information content (AvgIpc) is 3.14. The van der Waals surface area contributed by atoms with Gasteiger partial charge in [0.15, 0.2) is 5.82 Å². The highest BCUT2D eigenvalue weighted by molar-refractivity contribution is 6.12. The highest BCUT2D eigenvalue weighted by atomic mass is 16.5. The molecule has 0 saturated carbocycles. The molecule has 3 N–H and O–H groups in total. The van der Waals surface area contributed by atoms with Gasteiger partial charge in [0.1, 0.15) is 5.69 Å². The first-order valence-corrected chi connectivity index (χ1v) is 6.79. The second-order valence-electron chi connectivity index (χ2n) is 4.59. The standard InChI is InChI=1S/C15H14N4O3/c1-2-22-15(21)12-7-13(19-18-12)17-14(20)10-8-16-11-6-4-3-5-9(10)11/h3-8,16H,2H2,1H3,(H2,17,18,19,20). The maximum Gasteiger partial charge on any atom is 0.356 e. The van der Waals surface area contributed by atoms with Gasteiger partial charge in [-0.3, -0.25) is 9.89 Å². The van der Waals surface area contributed by atoms with Crippen LogP contribution in [0.5, 0.6) is 0 Å². The van der Waals surface area contributed by atoms with E-state index in [4.69, 9.17) is 4.74 Å². The fraction of sp³-hybridized carbons (Fsp3) is 0.133. The molecule has 0 radical (unpaired) electrons. The normalized spacial score (nSPS) is 10.6. The lowest BCUT2D eigenvalue weighted by Crippen LogP contribution is -2.11. The number of aromatic nitrogens is 3. The molecule has 112 valence electrons. The number of benzene rings is 1. The van der Waals surface area contributed by atoms with Gasteiger partial charge in [-0.2, -0.15) is 5.10 Å². The van der Waals surface area contributed by atoms with Crippen molar-refractivity contribution >= 4 is 28.6 Å². The summed E-state index contributed by atoms with van der Waals surface area (Å²) in [4.78, 5) is 26.9. The molecule has 0 aliphatic rings. The Balaban J connectivity index is 1.78. The fourth-order valence-corrected chi connectivity index (χ4v) is 2.14. The minimum absolute atomic E-state index is 0.191. The second-order valence-corrected chi connectivity index (χ2v) is 4.59. The maximum atomic E-state index is 12.3. The van der Waals surface area contributed by atoms with Crippen molar-refractivity contribution in [2.24, 2.45) is 0 Å². The van der Waals surface area contributed by atoms with Crippen LogP contribution in [0.25, 0.3) is 10.9 Å². The third-order valence-electron chi connectivity index (χ3n) is 3.15. The minimum Gasteiger partial charge on any atom is -0.461 e. The monoisotopic (exact) mass is 298 g/mol. The van der Waals surface area contributed by atoms with Crippen molar-refractivity contribution < 1.29 is 14.3 Å². The number of ether oxygens (including phenoxy) is 1. The predicted octanol–water partition coefficient (Wildman–Crippen LogP) is 2.32. The number of rotatable bonds is 4. The number of carbonyl (C=O) groups is 2. The number of hydrogen-bond acceptors (Lipinski definition) is 4. The zero-order valence-electron chi connectivity index (χ0n) is 11.8. The number of aromatic amines is 2. The van der Waals surface area contributed by atoms with E-state index in [0.29, 0.717) is 5.56 Å². The summed E-state index contributed by atoms with van der Waals surface area (Å²) in [6.45, 7) is 1.99. The van der Waals surface area contributed by atoms with Crippen molar-refractivity contribution in [2.45, 2.75) is 6.92 Å². The average molecular weight is 298 g/mol. The van der Waals surface area contributed by atoms with Crippen LogP contribution in [0.2, 0.25) is 0 Å². The van der Waals surface area contributed by atoms with Crippen molar-refractivity contribution in [3.63, 3.8) is 0 Å². The van der Waals surface area contributed by atoms with Gasteiger partial charge in [0, 0.05) is 23.2 Å². The molecule has 0 aliphatic heterocycles. The molecular weight excluding hydrogens is 284 g/mol. The van der Waals surface area contributed by atoms with Crippen molar-refractivity contribution in [1.29, 1.82) is 0 Å². The summed E-state index contributed by atoms with van der Waals surface area (Å²) in [6.07, 6.45) is 1.64. The number of anilines is 1. The Kier molecular flexibility index (Phi) is 3.61. The smallest absolute Gasteiger partial charge is 0.356 e. The number of esters is 1. The third kappa shape index (κ3) is 2.56. The molecule has 1 aromatic carbocycles. The first-order chi connectivity index (χ1) is 10.7. The molecule has 0 saturated heterocycles. The van der Waals surface area contributed by atoms with Gasteiger partial charge < -0.3 is 15.0 Å². The molecule has 3 aromatic rings. The van der Waals surface area contributed by atoms with Crippen LogP contribution in [-0.2, 0) is 4.74 Å². The first-order valence-electron chi connectivity index (χ1n) is 6.79. The predicted molar refractivity (Wildman–Crippen MR) is 80.8 cm³/mol. The SMILES string of the molecule is CCOC(=O)c1cc(NC(=O)c2c[nH]c3ccccc23)n[nH]1. The topological polar surface area (TPSA) is 99.9 Å². The van der Waals surface area contributed by atoms with E-state index in [1.54, 1.807) is 13.1 Å². The fourth-order valence-electron chi connectivity index (χ4n) is 2.14. The highest BCUT2D eigenvalue weighted by Crippen LogP contribution is 2.19. The van der Waals surface area contributed by atoms with E-state index >= 15 is 0 Å². The second kappa shape index (κ2) is 5.72. The van der Waals surface area contributed by atoms with Crippen LogP contribution in [0.1, 0.15) is 27.8 Å². The summed E-state index contributed by atoms with van der Waals surface area (Å²) in [5.74, 6) is -0.555. The van der Waals surface area contributed by atoms with Gasteiger partial charge in [-0.25, -0.2) is 4.79 Å². The summed E-state index contributed by atoms with van der Waals surface area (Å²) in [7, 11) is 0. The number of nitrogens with one attached hydrogen (secondary N) is 3. The molecule has 7 heteroatoms. The molecule has 0 atom stereocenters. The molecular formula is C15H14N4O3. The Morgan fingerprint density at radius 2 is 2.14 bits per heavy atom. The Hall–Kier alpha value is -3.09. The summed E-state index contributed by atoms with van der Waals surface area (Å²) in [6, 6.07) is 8.93. The number of carbonyl (C=O) groups excluding carboxylic acids is 2. The first kappa shape index (κ1) is 13.9. The lowest BCUT2D eigenvalue weighted by Gasteiger charge is -2.00. The Bertz CT molecular complexity index is 834. The van der Waals surface area contributed by atoms with Crippen molar-refractivity contribution in [3.8, 4) is 0 Å². The molecule has 3 rings (SSSR count). The third-order valence-corrected chi connectivity index (χ3v) is 3.15. The van der Waals surface area contributed by atoms with Crippen LogP contribution in [0, 0.1) is 0 Å². The molecule has 0 fully saturated rings. The van der Waals surface area contributed by atoms with Gasteiger partial charge in [-0.15, -0.1) is 0 Å². The van der Waals surface area contributed by atoms with E-state index in [0.717, 1.165) is 10.9 Å². The number of H-pyrrole nitrogens is 2. The van der Waals surface area contributed by atoms with E-state index < -0.39 is 5.97 Å². The number of nitrogens with zero attached hydrogens (tertiary/aromatic N) is 1. The van der Waals surface area contributed by atoms with Gasteiger partial charge >= 0.3 is 5.97 Å². The van der Waals surface area contributed by atoms with Crippen LogP contribution in [0.4, 0.5) is 5.82 Å². The van der Waals surface area contributed by atoms with Crippen LogP contribution < -0.4 is 5.32 Å². The number of para-hydroxylation sites is 1. The molecule has 0 aliphatic carbocycles. The Morgan fingerprint density at radius 1 is 1.32 bits per heavy atom. The van der Waals surface area contributed by atoms with E-state index in [1.165, 1.54) is 6.07 Å². The van der Waals surface area contributed by atoms with Crippen molar-refractivity contribution in [1.82, 2.24) is 15.2 Å². The molecule has 2 heterocycles. The lowest BCUT2D eigenvalue weighted by molar-refractivity contribution is 0.0519. The zero-order valence-corrected chi connectivity index (χ0v) is 11.8. The van der Waals surface area contributed by atoms with Crippen LogP contribution >= 0.6 is 0 Å². The number of hydrogen-bond donors (Lipinski definition) is 3. The summed E-state index contributed by atoms with van der Waals surface area (Å²) < 4.78 is 4.85. The largest absolute Gasteiger partial charge is 0.461 e. The van der Waals surface area contributed by atoms with Gasteiger partial charge in [0.25, 0.3) is 5.91 Å². The molecule has 0 spiro atoms. The molecule has 1 amide bonds. The molecule has 7 nitrogen and oxygen atoms in total. The minimum atomic E-state index is -0.511. The van der Waals surface area contributed by atoms with Crippen molar-refractivity contribution in [3.05, 3.63) is 47.8 Å². The van der Waals surface area contributed by atoms with Gasteiger partial charge in [-0.05, 0) is 13.0 Å². The van der Waals surface area contributed by atoms with E-state index in [-0.39, 0.29) is 24.0 Å². The van der Waals surface area contributed by atoms with Crippen LogP contribution in [0.3, 0.4) is 0 Å². The number of amides is 1. The van der Waals surface area contributed by atoms with E-state index in [9.17, 15) is 9.59 Å². The molecule has 22 heavy (non-hydrogen) atoms. The zero-order chi connectivity index (χ0) is 15.5.